The van der Waals surface area contributed by atoms with E-state index in [4.69, 9.17) is 4.42 Å². The van der Waals surface area contributed by atoms with Crippen LogP contribution in [0, 0.1) is 0 Å². The van der Waals surface area contributed by atoms with Crippen molar-refractivity contribution in [3.05, 3.63) is 42.1 Å². The standard InChI is InChI=1S/C17H24N4O3/c1-2-3-5-8-14(12-21(23)13-22)17-20-19-16(24-17)11-18-15-9-6-4-7-10-15/h4,6-7,9-10,13-14,18,23H,2-3,5,8,11-12H2,1H3/t14-/m0/s1. The first-order valence-corrected chi connectivity index (χ1v) is 8.25. The Hall–Kier alpha value is -2.41. The summed E-state index contributed by atoms with van der Waals surface area (Å²) in [4.78, 5) is 10.7. The molecular weight excluding hydrogens is 308 g/mol. The number of rotatable bonds is 11. The Bertz CT molecular complexity index is 603. The van der Waals surface area contributed by atoms with Crippen molar-refractivity contribution in [2.24, 2.45) is 0 Å². The van der Waals surface area contributed by atoms with Crippen molar-refractivity contribution in [3.8, 4) is 0 Å². The van der Waals surface area contributed by atoms with E-state index in [9.17, 15) is 10.0 Å². The number of carbonyl (C=O) groups excluding carboxylic acids is 1. The maximum absolute atomic E-state index is 10.7. The molecule has 0 aliphatic heterocycles. The summed E-state index contributed by atoms with van der Waals surface area (Å²) in [6.07, 6.45) is 4.33. The van der Waals surface area contributed by atoms with E-state index in [1.165, 1.54) is 0 Å². The van der Waals surface area contributed by atoms with Gasteiger partial charge in [-0.15, -0.1) is 10.2 Å². The van der Waals surface area contributed by atoms with Crippen molar-refractivity contribution in [2.75, 3.05) is 11.9 Å². The van der Waals surface area contributed by atoms with E-state index in [2.05, 4.69) is 22.4 Å². The lowest BCUT2D eigenvalue weighted by molar-refractivity contribution is -0.151. The Morgan fingerprint density at radius 1 is 1.29 bits per heavy atom. The second kappa shape index (κ2) is 9.67. The minimum atomic E-state index is -0.162. The molecule has 0 aliphatic carbocycles. The molecule has 7 nitrogen and oxygen atoms in total. The first-order chi connectivity index (χ1) is 11.7. The van der Waals surface area contributed by atoms with Gasteiger partial charge in [0, 0.05) is 5.69 Å². The van der Waals surface area contributed by atoms with Gasteiger partial charge in [0.2, 0.25) is 18.2 Å². The van der Waals surface area contributed by atoms with Gasteiger partial charge in [0.05, 0.1) is 19.0 Å². The molecule has 1 aromatic heterocycles. The Labute approximate surface area is 141 Å². The van der Waals surface area contributed by atoms with Gasteiger partial charge in [-0.1, -0.05) is 44.4 Å². The van der Waals surface area contributed by atoms with Crippen molar-refractivity contribution in [1.82, 2.24) is 15.3 Å². The van der Waals surface area contributed by atoms with Crippen LogP contribution in [-0.4, -0.2) is 33.4 Å². The smallest absolute Gasteiger partial charge is 0.235 e. The molecule has 130 valence electrons. The van der Waals surface area contributed by atoms with Crippen LogP contribution in [0.15, 0.2) is 34.7 Å². The predicted octanol–water partition coefficient (Wildman–Crippen LogP) is 3.19. The number of nitrogens with one attached hydrogen (secondary N) is 1. The summed E-state index contributed by atoms with van der Waals surface area (Å²) in [7, 11) is 0. The minimum Gasteiger partial charge on any atom is -0.423 e. The lowest BCUT2D eigenvalue weighted by atomic mass is 10.0. The first kappa shape index (κ1) is 17.9. The SMILES string of the molecule is CCCCC[C@@H](CN(O)C=O)c1nnc(CNc2ccccc2)o1. The third-order valence-corrected chi connectivity index (χ3v) is 3.73. The molecule has 0 bridgehead atoms. The molecule has 0 saturated heterocycles. The summed E-state index contributed by atoms with van der Waals surface area (Å²) in [5.41, 5.74) is 0.972. The van der Waals surface area contributed by atoms with E-state index < -0.39 is 0 Å². The van der Waals surface area contributed by atoms with Crippen LogP contribution in [-0.2, 0) is 11.3 Å². The highest BCUT2D eigenvalue weighted by molar-refractivity contribution is 5.44. The lowest BCUT2D eigenvalue weighted by Gasteiger charge is -2.16. The number of amides is 1. The Morgan fingerprint density at radius 3 is 2.79 bits per heavy atom. The zero-order valence-electron chi connectivity index (χ0n) is 13.9. The van der Waals surface area contributed by atoms with Gasteiger partial charge in [-0.3, -0.25) is 10.0 Å². The quantitative estimate of drug-likeness (QED) is 0.284. The van der Waals surface area contributed by atoms with Crippen LogP contribution in [0.5, 0.6) is 0 Å². The van der Waals surface area contributed by atoms with E-state index in [0.717, 1.165) is 31.4 Å². The number of benzene rings is 1. The number of anilines is 1. The van der Waals surface area contributed by atoms with E-state index >= 15 is 0 Å². The molecule has 0 fully saturated rings. The molecule has 0 unspecified atom stereocenters. The van der Waals surface area contributed by atoms with E-state index in [1.807, 2.05) is 30.3 Å². The summed E-state index contributed by atoms with van der Waals surface area (Å²) in [5, 5.41) is 21.4. The molecule has 24 heavy (non-hydrogen) atoms. The largest absolute Gasteiger partial charge is 0.423 e. The molecule has 2 aromatic rings. The van der Waals surface area contributed by atoms with Gasteiger partial charge in [-0.25, -0.2) is 5.06 Å². The molecule has 0 saturated carbocycles. The monoisotopic (exact) mass is 332 g/mol. The topological polar surface area (TPSA) is 91.5 Å². The average Bonchev–Trinajstić information content (AvgIpc) is 3.09. The molecule has 0 radical (unpaired) electrons. The van der Waals surface area contributed by atoms with Gasteiger partial charge in [0.15, 0.2) is 0 Å². The van der Waals surface area contributed by atoms with E-state index in [0.29, 0.717) is 29.8 Å². The summed E-state index contributed by atoms with van der Waals surface area (Å²) in [5.74, 6) is 0.770. The average molecular weight is 332 g/mol. The molecule has 1 amide bonds. The first-order valence-electron chi connectivity index (χ1n) is 8.25. The van der Waals surface area contributed by atoms with Crippen LogP contribution >= 0.6 is 0 Å². The van der Waals surface area contributed by atoms with Crippen molar-refractivity contribution in [2.45, 2.75) is 45.1 Å². The van der Waals surface area contributed by atoms with Gasteiger partial charge >= 0.3 is 0 Å². The maximum atomic E-state index is 10.7. The van der Waals surface area contributed by atoms with Gasteiger partial charge in [-0.2, -0.15) is 0 Å². The predicted molar refractivity (Wildman–Crippen MR) is 89.5 cm³/mol. The fourth-order valence-corrected chi connectivity index (χ4v) is 2.44. The van der Waals surface area contributed by atoms with Gasteiger partial charge in [-0.05, 0) is 18.6 Å². The van der Waals surface area contributed by atoms with Crippen molar-refractivity contribution in [3.63, 3.8) is 0 Å². The molecular formula is C17H24N4O3. The third kappa shape index (κ3) is 5.66. The van der Waals surface area contributed by atoms with Gasteiger partial charge in [0.1, 0.15) is 0 Å². The zero-order chi connectivity index (χ0) is 17.2. The molecule has 1 atom stereocenters. The van der Waals surface area contributed by atoms with Crippen molar-refractivity contribution >= 4 is 12.1 Å². The number of hydroxylamine groups is 2. The Balaban J connectivity index is 1.96. The zero-order valence-corrected chi connectivity index (χ0v) is 13.9. The van der Waals surface area contributed by atoms with Crippen LogP contribution in [0.1, 0.15) is 50.3 Å². The summed E-state index contributed by atoms with van der Waals surface area (Å²) >= 11 is 0. The molecule has 0 aliphatic rings. The highest BCUT2D eigenvalue weighted by Gasteiger charge is 2.21. The van der Waals surface area contributed by atoms with Crippen LogP contribution in [0.25, 0.3) is 0 Å². The molecule has 1 aromatic carbocycles. The van der Waals surface area contributed by atoms with E-state index in [1.54, 1.807) is 0 Å². The van der Waals surface area contributed by atoms with Crippen molar-refractivity contribution < 1.29 is 14.4 Å². The normalized spacial score (nSPS) is 11.9. The van der Waals surface area contributed by atoms with Crippen LogP contribution in [0.3, 0.4) is 0 Å². The molecule has 2 N–H and O–H groups in total. The number of aromatic nitrogens is 2. The lowest BCUT2D eigenvalue weighted by Crippen LogP contribution is -2.24. The Kier molecular flexibility index (Phi) is 7.22. The number of nitrogens with zero attached hydrogens (tertiary/aromatic N) is 3. The van der Waals surface area contributed by atoms with Crippen molar-refractivity contribution in [1.29, 1.82) is 0 Å². The second-order valence-electron chi connectivity index (χ2n) is 5.67. The second-order valence-corrected chi connectivity index (χ2v) is 5.67. The number of para-hydroxylation sites is 1. The summed E-state index contributed by atoms with van der Waals surface area (Å²) < 4.78 is 5.71. The molecule has 7 heteroatoms. The molecule has 2 rings (SSSR count). The Morgan fingerprint density at radius 2 is 2.08 bits per heavy atom. The maximum Gasteiger partial charge on any atom is 0.235 e. The number of hydrogen-bond acceptors (Lipinski definition) is 6. The van der Waals surface area contributed by atoms with Crippen LogP contribution in [0.4, 0.5) is 5.69 Å². The molecule has 0 spiro atoms. The molecule has 1 heterocycles. The van der Waals surface area contributed by atoms with E-state index in [-0.39, 0.29) is 12.5 Å². The highest BCUT2D eigenvalue weighted by atomic mass is 16.5. The number of unbranched alkanes of at least 4 members (excludes halogenated alkanes) is 2. The number of carbonyl (C=O) groups is 1. The fraction of sp³-hybridized carbons (Fsp3) is 0.471. The van der Waals surface area contributed by atoms with Gasteiger partial charge < -0.3 is 9.73 Å². The van der Waals surface area contributed by atoms with Gasteiger partial charge in [0.25, 0.3) is 0 Å². The van der Waals surface area contributed by atoms with Crippen LogP contribution in [0.2, 0.25) is 0 Å². The van der Waals surface area contributed by atoms with Crippen LogP contribution < -0.4 is 5.32 Å². The summed E-state index contributed by atoms with van der Waals surface area (Å²) in [6, 6.07) is 9.75. The number of hydrogen-bond donors (Lipinski definition) is 2. The minimum absolute atomic E-state index is 0.154. The third-order valence-electron chi connectivity index (χ3n) is 3.73. The summed E-state index contributed by atoms with van der Waals surface area (Å²) in [6.45, 7) is 2.70. The highest BCUT2D eigenvalue weighted by Crippen LogP contribution is 2.22. The fourth-order valence-electron chi connectivity index (χ4n) is 2.44.